The predicted octanol–water partition coefficient (Wildman–Crippen LogP) is 9.68. The van der Waals surface area contributed by atoms with E-state index in [4.69, 9.17) is 9.47 Å². The van der Waals surface area contributed by atoms with Crippen molar-refractivity contribution in [1.29, 1.82) is 0 Å². The standard InChI is InChI=1S/C46H47FN4O5/c1-28-23-31(29-13-16-35(17-14-29)51-21-19-34(20-22-51)48-45(54)56-46(2,3)4)25-32(24-28)44(53)50-42(40-26-30-9-6-7-12-39(30)49-40)37-11-8-10-36(43(37)52)38-27-33(47)15-18-41(38)55-5/h6-18,23-27,34,42,49,52H,19-22H2,1-5H3,(H,48,54)(H,50,53)/t42-/m1/s1. The number of benzene rings is 5. The maximum Gasteiger partial charge on any atom is 0.407 e. The Morgan fingerprint density at radius 2 is 1.62 bits per heavy atom. The summed E-state index contributed by atoms with van der Waals surface area (Å²) in [6.07, 6.45) is 1.25. The number of nitrogens with zero attached hydrogens (tertiary/aromatic N) is 1. The summed E-state index contributed by atoms with van der Waals surface area (Å²) in [4.78, 5) is 32.3. The van der Waals surface area contributed by atoms with E-state index in [1.165, 1.54) is 25.3 Å². The Morgan fingerprint density at radius 1 is 0.875 bits per heavy atom. The molecule has 5 aromatic carbocycles. The van der Waals surface area contributed by atoms with Gasteiger partial charge in [-0.05, 0) is 117 Å². The number of halogens is 1. The predicted molar refractivity (Wildman–Crippen MR) is 219 cm³/mol. The summed E-state index contributed by atoms with van der Waals surface area (Å²) in [6.45, 7) is 9.14. The molecule has 288 valence electrons. The third kappa shape index (κ3) is 8.49. The summed E-state index contributed by atoms with van der Waals surface area (Å²) >= 11 is 0. The minimum atomic E-state index is -0.791. The normalized spacial score (nSPS) is 14.0. The van der Waals surface area contributed by atoms with Gasteiger partial charge in [0.1, 0.15) is 22.9 Å². The number of para-hydroxylation sites is 2. The molecule has 7 rings (SSSR count). The third-order valence-corrected chi connectivity index (χ3v) is 10.1. The van der Waals surface area contributed by atoms with Gasteiger partial charge in [-0.15, -0.1) is 0 Å². The molecule has 1 saturated heterocycles. The van der Waals surface area contributed by atoms with Crippen LogP contribution < -0.4 is 20.3 Å². The summed E-state index contributed by atoms with van der Waals surface area (Å²) in [5, 5.41) is 19.0. The Morgan fingerprint density at radius 3 is 2.34 bits per heavy atom. The fourth-order valence-corrected chi connectivity index (χ4v) is 7.39. The molecule has 1 aromatic heterocycles. The van der Waals surface area contributed by atoms with Gasteiger partial charge in [0.05, 0.1) is 13.2 Å². The molecule has 0 spiro atoms. The Kier molecular flexibility index (Phi) is 10.7. The second-order valence-corrected chi connectivity index (χ2v) is 15.3. The van der Waals surface area contributed by atoms with Crippen LogP contribution in [-0.4, -0.2) is 53.9 Å². The van der Waals surface area contributed by atoms with Crippen LogP contribution in [0.15, 0.2) is 109 Å². The Balaban J connectivity index is 1.13. The first kappa shape index (κ1) is 38.0. The van der Waals surface area contributed by atoms with Crippen LogP contribution >= 0.6 is 0 Å². The number of amides is 2. The van der Waals surface area contributed by atoms with Gasteiger partial charge < -0.3 is 35.1 Å². The van der Waals surface area contributed by atoms with Gasteiger partial charge in [-0.3, -0.25) is 4.79 Å². The van der Waals surface area contributed by atoms with Crippen molar-refractivity contribution >= 4 is 28.6 Å². The van der Waals surface area contributed by atoms with Crippen molar-refractivity contribution in [1.82, 2.24) is 15.6 Å². The highest BCUT2D eigenvalue weighted by atomic mass is 19.1. The number of nitrogens with one attached hydrogen (secondary N) is 3. The highest BCUT2D eigenvalue weighted by Crippen LogP contribution is 2.42. The Bertz CT molecular complexity index is 2340. The van der Waals surface area contributed by atoms with Crippen molar-refractivity contribution in [3.63, 3.8) is 0 Å². The largest absolute Gasteiger partial charge is 0.507 e. The third-order valence-electron chi connectivity index (χ3n) is 10.1. The molecule has 0 radical (unpaired) electrons. The van der Waals surface area contributed by atoms with Crippen LogP contribution in [0.3, 0.4) is 0 Å². The molecule has 0 unspecified atom stereocenters. The van der Waals surface area contributed by atoms with Crippen LogP contribution in [-0.2, 0) is 4.74 Å². The maximum absolute atomic E-state index is 14.5. The van der Waals surface area contributed by atoms with E-state index in [9.17, 15) is 19.1 Å². The van der Waals surface area contributed by atoms with E-state index in [0.717, 1.165) is 59.2 Å². The molecule has 1 atom stereocenters. The summed E-state index contributed by atoms with van der Waals surface area (Å²) in [6, 6.07) is 32.5. The molecule has 0 saturated carbocycles. The molecule has 2 amide bonds. The van der Waals surface area contributed by atoms with E-state index >= 15 is 0 Å². The number of H-pyrrole nitrogens is 1. The van der Waals surface area contributed by atoms with Crippen LogP contribution in [0, 0.1) is 12.7 Å². The van der Waals surface area contributed by atoms with Crippen molar-refractivity contribution in [2.45, 2.75) is 58.2 Å². The van der Waals surface area contributed by atoms with Gasteiger partial charge in [0.2, 0.25) is 0 Å². The summed E-state index contributed by atoms with van der Waals surface area (Å²) in [7, 11) is 1.49. The number of phenols is 1. The number of ether oxygens (including phenoxy) is 2. The average molecular weight is 755 g/mol. The number of aromatic hydroxyl groups is 1. The Labute approximate surface area is 326 Å². The van der Waals surface area contributed by atoms with E-state index < -0.39 is 17.5 Å². The van der Waals surface area contributed by atoms with Gasteiger partial charge in [0, 0.05) is 58.3 Å². The molecule has 1 aliphatic rings. The van der Waals surface area contributed by atoms with Gasteiger partial charge in [-0.25, -0.2) is 9.18 Å². The van der Waals surface area contributed by atoms with Gasteiger partial charge >= 0.3 is 6.09 Å². The molecule has 2 heterocycles. The second kappa shape index (κ2) is 15.8. The van der Waals surface area contributed by atoms with Crippen LogP contribution in [0.2, 0.25) is 0 Å². The quantitative estimate of drug-likeness (QED) is 0.117. The van der Waals surface area contributed by atoms with Crippen molar-refractivity contribution in [2.75, 3.05) is 25.1 Å². The second-order valence-electron chi connectivity index (χ2n) is 15.3. The van der Waals surface area contributed by atoms with Crippen molar-refractivity contribution < 1.29 is 28.6 Å². The molecule has 1 aliphatic heterocycles. The number of piperidine rings is 1. The molecular formula is C46H47FN4O5. The lowest BCUT2D eigenvalue weighted by Gasteiger charge is -2.34. The van der Waals surface area contributed by atoms with Crippen molar-refractivity contribution in [2.24, 2.45) is 0 Å². The number of methoxy groups -OCH3 is 1. The molecular weight excluding hydrogens is 708 g/mol. The van der Waals surface area contributed by atoms with E-state index in [1.54, 1.807) is 18.2 Å². The number of hydrogen-bond acceptors (Lipinski definition) is 6. The molecule has 10 heteroatoms. The first-order valence-corrected chi connectivity index (χ1v) is 18.9. The highest BCUT2D eigenvalue weighted by Gasteiger charge is 2.27. The zero-order valence-electron chi connectivity index (χ0n) is 32.3. The molecule has 56 heavy (non-hydrogen) atoms. The van der Waals surface area contributed by atoms with Crippen LogP contribution in [0.25, 0.3) is 33.2 Å². The van der Waals surface area contributed by atoms with Gasteiger partial charge in [-0.2, -0.15) is 0 Å². The smallest absolute Gasteiger partial charge is 0.407 e. The first-order valence-electron chi connectivity index (χ1n) is 18.9. The number of phenolic OH excluding ortho intramolecular Hbond substituents is 1. The molecule has 1 fully saturated rings. The summed E-state index contributed by atoms with van der Waals surface area (Å²) in [5.74, 6) is -0.493. The molecule has 4 N–H and O–H groups in total. The van der Waals surface area contributed by atoms with E-state index in [-0.39, 0.29) is 23.8 Å². The average Bonchev–Trinajstić information content (AvgIpc) is 3.61. The number of anilines is 1. The van der Waals surface area contributed by atoms with Crippen molar-refractivity contribution in [3.8, 4) is 33.8 Å². The number of fused-ring (bicyclic) bond motifs is 1. The molecule has 0 bridgehead atoms. The first-order chi connectivity index (χ1) is 26.8. The number of alkyl carbamates (subject to hydrolysis) is 1. The molecule has 9 nitrogen and oxygen atoms in total. The van der Waals surface area contributed by atoms with Crippen molar-refractivity contribution in [3.05, 3.63) is 137 Å². The van der Waals surface area contributed by atoms with Gasteiger partial charge in [-0.1, -0.05) is 54.6 Å². The van der Waals surface area contributed by atoms with E-state index in [2.05, 4.69) is 50.8 Å². The topological polar surface area (TPSA) is 116 Å². The lowest BCUT2D eigenvalue weighted by Crippen LogP contribution is -2.46. The van der Waals surface area contributed by atoms with Crippen LogP contribution in [0.1, 0.15) is 66.8 Å². The lowest BCUT2D eigenvalue weighted by molar-refractivity contribution is 0.0497. The molecule has 0 aliphatic carbocycles. The number of hydrogen-bond donors (Lipinski definition) is 4. The lowest BCUT2D eigenvalue weighted by atomic mass is 9.94. The number of rotatable bonds is 9. The van der Waals surface area contributed by atoms with E-state index in [0.29, 0.717) is 33.7 Å². The van der Waals surface area contributed by atoms with Gasteiger partial charge in [0.15, 0.2) is 0 Å². The number of carbonyl (C=O) groups excluding carboxylic acids is 2. The zero-order valence-corrected chi connectivity index (χ0v) is 32.3. The number of carbonyl (C=O) groups is 2. The fraction of sp³-hybridized carbons (Fsp3) is 0.261. The number of aryl methyl sites for hydroxylation is 1. The SMILES string of the molecule is COc1ccc(F)cc1-c1cccc([C@@H](NC(=O)c2cc(C)cc(-c3ccc(N4CCC(NC(=O)OC(C)(C)C)CC4)cc3)c2)c2cc3ccccc3[nH]2)c1O. The zero-order chi connectivity index (χ0) is 39.6. The monoisotopic (exact) mass is 754 g/mol. The van der Waals surface area contributed by atoms with E-state index in [1.807, 2.05) is 70.2 Å². The highest BCUT2D eigenvalue weighted by molar-refractivity contribution is 5.96. The maximum atomic E-state index is 14.5. The Hall–Kier alpha value is -6.29. The van der Waals surface area contributed by atoms with Crippen LogP contribution in [0.5, 0.6) is 11.5 Å². The van der Waals surface area contributed by atoms with Gasteiger partial charge in [0.25, 0.3) is 5.91 Å². The minimum Gasteiger partial charge on any atom is -0.507 e. The fourth-order valence-electron chi connectivity index (χ4n) is 7.39. The number of aromatic nitrogens is 1. The van der Waals surface area contributed by atoms with Crippen LogP contribution in [0.4, 0.5) is 14.9 Å². The minimum absolute atomic E-state index is 0.0674. The summed E-state index contributed by atoms with van der Waals surface area (Å²) < 4.78 is 25.4. The number of aromatic amines is 1. The molecule has 6 aromatic rings. The summed E-state index contributed by atoms with van der Waals surface area (Å²) in [5.41, 5.74) is 6.55.